The number of pyridine rings is 2. The summed E-state index contributed by atoms with van der Waals surface area (Å²) in [6.45, 7) is 16.4. The highest BCUT2D eigenvalue weighted by Crippen LogP contribution is 2.29. The fourth-order valence-electron chi connectivity index (χ4n) is 8.91. The summed E-state index contributed by atoms with van der Waals surface area (Å²) < 4.78 is 0. The number of benzene rings is 4. The van der Waals surface area contributed by atoms with Gasteiger partial charge in [0.05, 0.1) is 33.5 Å². The number of para-hydroxylation sites is 2. The van der Waals surface area contributed by atoms with Crippen LogP contribution < -0.4 is 0 Å². The van der Waals surface area contributed by atoms with E-state index in [1.165, 1.54) is 0 Å². The highest BCUT2D eigenvalue weighted by molar-refractivity contribution is 6.08. The number of fused-ring (bicyclic) bond motifs is 2. The molecule has 0 aliphatic carbocycles. The first-order valence-corrected chi connectivity index (χ1v) is 21.4. The fourth-order valence-corrected chi connectivity index (χ4v) is 8.91. The van der Waals surface area contributed by atoms with E-state index in [-0.39, 0.29) is 36.6 Å². The molecule has 0 bridgehead atoms. The maximum absolute atomic E-state index is 13.5. The number of hydrogen-bond acceptors (Lipinski definition) is 6. The summed E-state index contributed by atoms with van der Waals surface area (Å²) in [5, 5.41) is 1.87. The van der Waals surface area contributed by atoms with Gasteiger partial charge in [0.1, 0.15) is 0 Å². The van der Waals surface area contributed by atoms with Crippen molar-refractivity contribution in [3.05, 3.63) is 132 Å². The van der Waals surface area contributed by atoms with Crippen LogP contribution in [0.3, 0.4) is 0 Å². The van der Waals surface area contributed by atoms with Crippen LogP contribution in [-0.4, -0.2) is 106 Å². The molecule has 0 saturated carbocycles. The van der Waals surface area contributed by atoms with Gasteiger partial charge in [-0.2, -0.15) is 0 Å². The molecule has 0 N–H and O–H groups in total. The second-order valence-electron chi connectivity index (χ2n) is 15.4. The smallest absolute Gasteiger partial charge is 0.254 e. The van der Waals surface area contributed by atoms with E-state index in [0.717, 1.165) is 133 Å². The number of carbonyl (C=O) groups is 2. The molecule has 2 aromatic heterocycles. The van der Waals surface area contributed by atoms with Gasteiger partial charge in [-0.05, 0) is 76.1 Å². The zero-order valence-electron chi connectivity index (χ0n) is 35.5. The fraction of sp³-hybridized carbons (Fsp3) is 0.360. The van der Waals surface area contributed by atoms with Gasteiger partial charge in [-0.25, -0.2) is 9.97 Å². The molecule has 2 fully saturated rings. The summed E-state index contributed by atoms with van der Waals surface area (Å²) in [7, 11) is 0. The van der Waals surface area contributed by atoms with Crippen molar-refractivity contribution >= 4 is 58.4 Å². The normalized spacial score (nSPS) is 14.7. The van der Waals surface area contributed by atoms with Crippen molar-refractivity contribution in [3.8, 4) is 22.5 Å². The van der Waals surface area contributed by atoms with Crippen LogP contribution in [0.15, 0.2) is 121 Å². The van der Waals surface area contributed by atoms with E-state index in [1.54, 1.807) is 0 Å². The van der Waals surface area contributed by atoms with E-state index in [1.807, 2.05) is 131 Å². The van der Waals surface area contributed by atoms with Crippen molar-refractivity contribution in [1.82, 2.24) is 29.6 Å². The van der Waals surface area contributed by atoms with Crippen LogP contribution in [-0.2, 0) is 0 Å². The van der Waals surface area contributed by atoms with Gasteiger partial charge in [0.25, 0.3) is 11.8 Å². The Balaban J connectivity index is 0.000000220. The molecule has 4 heterocycles. The molecule has 0 spiro atoms. The first-order chi connectivity index (χ1) is 28.4. The molecule has 316 valence electrons. The highest BCUT2D eigenvalue weighted by atomic mass is 35.5. The summed E-state index contributed by atoms with van der Waals surface area (Å²) in [5.74, 6) is 0.248. The van der Waals surface area contributed by atoms with Crippen molar-refractivity contribution < 1.29 is 9.59 Å². The molecule has 0 radical (unpaired) electrons. The lowest BCUT2D eigenvalue weighted by molar-refractivity contribution is 0.0626. The van der Waals surface area contributed by atoms with Crippen molar-refractivity contribution in [2.24, 2.45) is 0 Å². The topological polar surface area (TPSA) is 72.9 Å². The molecule has 2 saturated heterocycles. The van der Waals surface area contributed by atoms with Gasteiger partial charge in [0.15, 0.2) is 0 Å². The SMILES string of the molecule is CCN(CC)C1CCN(C(=O)c2cc(-c3ccccc3)nc3ccccc23)CC1.CCN(CC)C1CCN(C(=O)c2cc(-c3ccccc3)nc3ccccc23)CC1.Cl.Cl. The summed E-state index contributed by atoms with van der Waals surface area (Å²) in [6, 6.07) is 41.2. The van der Waals surface area contributed by atoms with E-state index in [9.17, 15) is 9.59 Å². The molecule has 0 unspecified atom stereocenters. The van der Waals surface area contributed by atoms with E-state index in [0.29, 0.717) is 12.1 Å². The average Bonchev–Trinajstić information content (AvgIpc) is 3.30. The van der Waals surface area contributed by atoms with Crippen LogP contribution >= 0.6 is 24.8 Å². The van der Waals surface area contributed by atoms with Gasteiger partial charge in [-0.15, -0.1) is 24.8 Å². The molecule has 0 atom stereocenters. The van der Waals surface area contributed by atoms with Crippen LogP contribution in [0.4, 0.5) is 0 Å². The van der Waals surface area contributed by atoms with Crippen LogP contribution in [0.2, 0.25) is 0 Å². The summed E-state index contributed by atoms with van der Waals surface area (Å²) in [5.41, 5.74) is 7.04. The average molecular weight is 848 g/mol. The minimum absolute atomic E-state index is 0. The second kappa shape index (κ2) is 22.1. The predicted octanol–water partition coefficient (Wildman–Crippen LogP) is 10.5. The molecule has 8 nitrogen and oxygen atoms in total. The van der Waals surface area contributed by atoms with Crippen molar-refractivity contribution in [2.75, 3.05) is 52.4 Å². The number of hydrogen-bond donors (Lipinski definition) is 0. The number of amides is 2. The van der Waals surface area contributed by atoms with Gasteiger partial charge in [0.2, 0.25) is 0 Å². The van der Waals surface area contributed by atoms with E-state index < -0.39 is 0 Å². The first kappa shape index (κ1) is 46.2. The monoisotopic (exact) mass is 846 g/mol. The Morgan fingerprint density at radius 2 is 0.817 bits per heavy atom. The Hall–Kier alpha value is -4.86. The van der Waals surface area contributed by atoms with Crippen LogP contribution in [0.5, 0.6) is 0 Å². The highest BCUT2D eigenvalue weighted by Gasteiger charge is 2.29. The number of nitrogens with zero attached hydrogens (tertiary/aromatic N) is 6. The molecular weight excluding hydrogens is 787 g/mol. The molecule has 10 heteroatoms. The molecule has 60 heavy (non-hydrogen) atoms. The minimum Gasteiger partial charge on any atom is -0.339 e. The Bertz CT molecular complexity index is 2120. The van der Waals surface area contributed by atoms with Crippen molar-refractivity contribution in [3.63, 3.8) is 0 Å². The third-order valence-corrected chi connectivity index (χ3v) is 12.2. The number of halogens is 2. The van der Waals surface area contributed by atoms with Crippen LogP contribution in [0.1, 0.15) is 74.1 Å². The van der Waals surface area contributed by atoms with Crippen molar-refractivity contribution in [2.45, 2.75) is 65.5 Å². The van der Waals surface area contributed by atoms with Gasteiger partial charge < -0.3 is 19.6 Å². The number of aromatic nitrogens is 2. The van der Waals surface area contributed by atoms with Gasteiger partial charge >= 0.3 is 0 Å². The van der Waals surface area contributed by atoms with E-state index in [2.05, 4.69) is 37.5 Å². The van der Waals surface area contributed by atoms with Crippen LogP contribution in [0.25, 0.3) is 44.3 Å². The predicted molar refractivity (Wildman–Crippen MR) is 253 cm³/mol. The van der Waals surface area contributed by atoms with Gasteiger partial charge in [0, 0.05) is 60.2 Å². The summed E-state index contributed by atoms with van der Waals surface area (Å²) >= 11 is 0. The standard InChI is InChI=1S/2C25H29N3O.2ClH/c2*1-3-27(4-2)20-14-16-28(17-15-20)25(29)22-18-24(19-10-6-5-7-11-19)26-23-13-9-8-12-21(22)23;;/h2*5-13,18,20H,3-4,14-17H2,1-2H3;2*1H. The third kappa shape index (κ3) is 10.5. The first-order valence-electron chi connectivity index (χ1n) is 21.4. The Kier molecular flexibility index (Phi) is 17.0. The Morgan fingerprint density at radius 3 is 1.15 bits per heavy atom. The van der Waals surface area contributed by atoms with Crippen molar-refractivity contribution in [1.29, 1.82) is 0 Å². The number of rotatable bonds is 10. The molecule has 2 aliphatic heterocycles. The lowest BCUT2D eigenvalue weighted by Crippen LogP contribution is -2.46. The lowest BCUT2D eigenvalue weighted by Gasteiger charge is -2.37. The maximum atomic E-state index is 13.5. The quantitative estimate of drug-likeness (QED) is 0.137. The van der Waals surface area contributed by atoms with Gasteiger partial charge in [-0.3, -0.25) is 9.59 Å². The number of piperidine rings is 2. The summed E-state index contributed by atoms with van der Waals surface area (Å²) in [6.07, 6.45) is 4.17. The van der Waals surface area contributed by atoms with E-state index in [4.69, 9.17) is 9.97 Å². The minimum atomic E-state index is 0. The molecule has 4 aromatic carbocycles. The molecule has 2 amide bonds. The maximum Gasteiger partial charge on any atom is 0.254 e. The molecular formula is C50H60Cl2N6O2. The largest absolute Gasteiger partial charge is 0.339 e. The Labute approximate surface area is 368 Å². The zero-order valence-corrected chi connectivity index (χ0v) is 37.1. The number of likely N-dealkylation sites (tertiary alicyclic amines) is 2. The molecule has 8 rings (SSSR count). The molecule has 2 aliphatic rings. The molecule has 6 aromatic rings. The number of carbonyl (C=O) groups excluding carboxylic acids is 2. The second-order valence-corrected chi connectivity index (χ2v) is 15.4. The van der Waals surface area contributed by atoms with Gasteiger partial charge in [-0.1, -0.05) is 125 Å². The lowest BCUT2D eigenvalue weighted by atomic mass is 9.99. The third-order valence-electron chi connectivity index (χ3n) is 12.2. The zero-order chi connectivity index (χ0) is 40.4. The van der Waals surface area contributed by atoms with Crippen LogP contribution in [0, 0.1) is 0 Å². The van der Waals surface area contributed by atoms with E-state index >= 15 is 0 Å². The summed E-state index contributed by atoms with van der Waals surface area (Å²) in [4.78, 5) is 45.7. The Morgan fingerprint density at radius 1 is 0.500 bits per heavy atom.